The zero-order valence-corrected chi connectivity index (χ0v) is 19.0. The Morgan fingerprint density at radius 2 is 1.83 bits per heavy atom. The molecule has 0 unspecified atom stereocenters. The van der Waals surface area contributed by atoms with Crippen LogP contribution in [0.1, 0.15) is 85.5 Å². The molecule has 4 saturated carbocycles. The lowest BCUT2D eigenvalue weighted by Crippen LogP contribution is -2.59. The summed E-state index contributed by atoms with van der Waals surface area (Å²) in [7, 11) is 0. The molecular weight excluding hydrogens is 376 g/mol. The van der Waals surface area contributed by atoms with Crippen LogP contribution in [0.2, 0.25) is 0 Å². The molecule has 4 nitrogen and oxygen atoms in total. The van der Waals surface area contributed by atoms with Gasteiger partial charge in [-0.15, -0.1) is 0 Å². The van der Waals surface area contributed by atoms with Gasteiger partial charge in [-0.3, -0.25) is 14.4 Å². The van der Waals surface area contributed by atoms with E-state index in [1.807, 2.05) is 13.0 Å². The number of ether oxygens (including phenoxy) is 1. The summed E-state index contributed by atoms with van der Waals surface area (Å²) >= 11 is 0. The van der Waals surface area contributed by atoms with Gasteiger partial charge in [0.15, 0.2) is 17.2 Å². The highest BCUT2D eigenvalue weighted by atomic mass is 16.6. The van der Waals surface area contributed by atoms with Gasteiger partial charge in [0.2, 0.25) is 0 Å². The average molecular weight is 413 g/mol. The van der Waals surface area contributed by atoms with Crippen LogP contribution in [0.3, 0.4) is 0 Å². The second-order valence-electron chi connectivity index (χ2n) is 11.3. The molecule has 30 heavy (non-hydrogen) atoms. The molecule has 0 spiro atoms. The largest absolute Gasteiger partial charge is 0.450 e. The maximum absolute atomic E-state index is 13.0. The number of Topliss-reactive ketones (excluding diaryl/α,β-unsaturated/α-hetero) is 1. The number of hydrogen-bond donors (Lipinski definition) is 0. The first-order valence-electron chi connectivity index (χ1n) is 12.2. The number of fused-ring (bicyclic) bond motifs is 7. The molecule has 8 atom stereocenters. The Balaban J connectivity index is 1.48. The Bertz CT molecular complexity index is 842. The molecule has 164 valence electrons. The van der Waals surface area contributed by atoms with Crippen molar-refractivity contribution in [2.75, 3.05) is 0 Å². The molecule has 0 aromatic rings. The van der Waals surface area contributed by atoms with Crippen molar-refractivity contribution in [1.82, 2.24) is 0 Å². The second kappa shape index (κ2) is 6.53. The summed E-state index contributed by atoms with van der Waals surface area (Å²) in [5, 5.41) is 0. The van der Waals surface area contributed by atoms with Crippen molar-refractivity contribution >= 4 is 17.5 Å². The standard InChI is InChI=1S/C26H36O4/c1-5-6-23(29)30-26(15(2)27)12-10-19-17-8-7-16-13-22(28)18-14-21(18)25(16,4)20(17)9-11-24(19,26)3/h13,17-21H,5-12,14H2,1-4H3/t17-,18+,19-,20-,21-,24-,25-,26-/m0/s1. The molecule has 0 heterocycles. The van der Waals surface area contributed by atoms with E-state index in [9.17, 15) is 14.4 Å². The fourth-order valence-electron chi connectivity index (χ4n) is 8.72. The highest BCUT2D eigenvalue weighted by molar-refractivity contribution is 5.96. The van der Waals surface area contributed by atoms with Crippen molar-refractivity contribution in [3.8, 4) is 0 Å². The fraction of sp³-hybridized carbons (Fsp3) is 0.808. The van der Waals surface area contributed by atoms with Crippen LogP contribution in [0, 0.1) is 40.4 Å². The third kappa shape index (κ3) is 2.42. The molecule has 0 amide bonds. The van der Waals surface area contributed by atoms with Gasteiger partial charge in [0, 0.05) is 17.8 Å². The lowest BCUT2D eigenvalue weighted by Gasteiger charge is -2.59. The summed E-state index contributed by atoms with van der Waals surface area (Å²) in [5.41, 5.74) is 0.343. The number of carbonyl (C=O) groups is 3. The van der Waals surface area contributed by atoms with Crippen molar-refractivity contribution in [1.29, 1.82) is 0 Å². The first-order chi connectivity index (χ1) is 14.2. The highest BCUT2D eigenvalue weighted by Crippen LogP contribution is 2.72. The predicted octanol–water partition coefficient (Wildman–Crippen LogP) is 5.05. The van der Waals surface area contributed by atoms with Gasteiger partial charge < -0.3 is 4.74 Å². The molecule has 4 fully saturated rings. The van der Waals surface area contributed by atoms with Crippen molar-refractivity contribution < 1.29 is 19.1 Å². The SMILES string of the molecule is CCCC(=O)O[C@]1(C(C)=O)CC[C@H]2[C@@H]3CCC4=CC(=O)[C@@H]5C[C@@H]5[C@]4(C)[C@H]3CC[C@@]21C. The third-order valence-electron chi connectivity index (χ3n) is 10.3. The molecule has 0 radical (unpaired) electrons. The van der Waals surface area contributed by atoms with Crippen LogP contribution < -0.4 is 0 Å². The van der Waals surface area contributed by atoms with Crippen molar-refractivity contribution in [2.45, 2.75) is 91.1 Å². The molecule has 0 aromatic carbocycles. The molecule has 4 heteroatoms. The van der Waals surface area contributed by atoms with E-state index in [1.54, 1.807) is 6.92 Å². The molecule has 5 aliphatic carbocycles. The maximum Gasteiger partial charge on any atom is 0.306 e. The molecule has 0 aromatic heterocycles. The minimum absolute atomic E-state index is 0.0310. The average Bonchev–Trinajstić information content (AvgIpc) is 3.44. The van der Waals surface area contributed by atoms with Crippen molar-refractivity contribution in [2.24, 2.45) is 40.4 Å². The number of hydrogen-bond acceptors (Lipinski definition) is 4. The molecule has 0 aliphatic heterocycles. The zero-order chi connectivity index (χ0) is 21.5. The van der Waals surface area contributed by atoms with Gasteiger partial charge in [-0.05, 0) is 93.5 Å². The summed E-state index contributed by atoms with van der Waals surface area (Å²) in [5.74, 6) is 2.55. The Morgan fingerprint density at radius 1 is 1.10 bits per heavy atom. The summed E-state index contributed by atoms with van der Waals surface area (Å²) in [6, 6.07) is 0. The first-order valence-corrected chi connectivity index (χ1v) is 12.2. The first kappa shape index (κ1) is 20.5. The van der Waals surface area contributed by atoms with Crippen LogP contribution in [0.4, 0.5) is 0 Å². The number of esters is 1. The molecular formula is C26H36O4. The Labute approximate surface area is 180 Å². The zero-order valence-electron chi connectivity index (χ0n) is 19.0. The van der Waals surface area contributed by atoms with E-state index in [0.29, 0.717) is 42.3 Å². The molecule has 0 N–H and O–H groups in total. The van der Waals surface area contributed by atoms with Crippen molar-refractivity contribution in [3.05, 3.63) is 11.6 Å². The normalized spacial score (nSPS) is 48.6. The highest BCUT2D eigenvalue weighted by Gasteiger charge is 2.70. The topological polar surface area (TPSA) is 60.4 Å². The molecule has 0 bridgehead atoms. The van der Waals surface area contributed by atoms with Gasteiger partial charge in [-0.1, -0.05) is 26.3 Å². The maximum atomic E-state index is 13.0. The number of ketones is 2. The Kier molecular flexibility index (Phi) is 4.45. The Hall–Kier alpha value is -1.45. The van der Waals surface area contributed by atoms with E-state index in [4.69, 9.17) is 4.74 Å². The van der Waals surface area contributed by atoms with Gasteiger partial charge in [0.25, 0.3) is 0 Å². The molecule has 5 aliphatic rings. The quantitative estimate of drug-likeness (QED) is 0.607. The monoisotopic (exact) mass is 412 g/mol. The Morgan fingerprint density at radius 3 is 2.53 bits per heavy atom. The van der Waals surface area contributed by atoms with Gasteiger partial charge >= 0.3 is 5.97 Å². The summed E-state index contributed by atoms with van der Waals surface area (Å²) in [6.07, 6.45) is 9.96. The lowest BCUT2D eigenvalue weighted by molar-refractivity contribution is -0.189. The van der Waals surface area contributed by atoms with Crippen LogP contribution >= 0.6 is 0 Å². The summed E-state index contributed by atoms with van der Waals surface area (Å²) in [6.45, 7) is 8.27. The number of allylic oxidation sites excluding steroid dienone is 1. The lowest BCUT2D eigenvalue weighted by atomic mass is 9.46. The van der Waals surface area contributed by atoms with Gasteiger partial charge in [0.1, 0.15) is 0 Å². The minimum atomic E-state index is -0.948. The van der Waals surface area contributed by atoms with E-state index < -0.39 is 5.60 Å². The fourth-order valence-corrected chi connectivity index (χ4v) is 8.72. The van der Waals surface area contributed by atoms with Crippen molar-refractivity contribution in [3.63, 3.8) is 0 Å². The number of rotatable bonds is 4. The van der Waals surface area contributed by atoms with Gasteiger partial charge in [-0.25, -0.2) is 0 Å². The van der Waals surface area contributed by atoms with E-state index in [2.05, 4.69) is 13.8 Å². The van der Waals surface area contributed by atoms with E-state index in [-0.39, 0.29) is 28.5 Å². The smallest absolute Gasteiger partial charge is 0.306 e. The molecule has 5 rings (SSSR count). The van der Waals surface area contributed by atoms with Crippen LogP contribution in [0.25, 0.3) is 0 Å². The van der Waals surface area contributed by atoms with Crippen LogP contribution in [0.5, 0.6) is 0 Å². The van der Waals surface area contributed by atoms with E-state index >= 15 is 0 Å². The van der Waals surface area contributed by atoms with Gasteiger partial charge in [-0.2, -0.15) is 0 Å². The second-order valence-corrected chi connectivity index (χ2v) is 11.3. The predicted molar refractivity (Wildman–Crippen MR) is 113 cm³/mol. The number of carbonyl (C=O) groups excluding carboxylic acids is 3. The van der Waals surface area contributed by atoms with Gasteiger partial charge in [0.05, 0.1) is 0 Å². The summed E-state index contributed by atoms with van der Waals surface area (Å²) in [4.78, 5) is 37.9. The minimum Gasteiger partial charge on any atom is -0.450 e. The van der Waals surface area contributed by atoms with Crippen LogP contribution in [-0.2, 0) is 19.1 Å². The third-order valence-corrected chi connectivity index (χ3v) is 10.3. The van der Waals surface area contributed by atoms with Crippen LogP contribution in [-0.4, -0.2) is 23.1 Å². The van der Waals surface area contributed by atoms with Crippen LogP contribution in [0.15, 0.2) is 11.6 Å². The molecule has 0 saturated heterocycles. The van der Waals surface area contributed by atoms with E-state index in [0.717, 1.165) is 44.9 Å². The van der Waals surface area contributed by atoms with E-state index in [1.165, 1.54) is 5.57 Å². The summed E-state index contributed by atoms with van der Waals surface area (Å²) < 4.78 is 6.08.